The Morgan fingerprint density at radius 3 is 2.41 bits per heavy atom. The number of ketones is 2. The molecule has 9 N–H and O–H groups in total. The van der Waals surface area contributed by atoms with E-state index in [2.05, 4.69) is 15.2 Å². The molecule has 4 atom stereocenters. The number of aliphatic hydroxyl groups excluding tert-OH is 2. The number of aromatic hydroxyl groups is 1. The van der Waals surface area contributed by atoms with Gasteiger partial charge in [-0.15, -0.1) is 0 Å². The van der Waals surface area contributed by atoms with Crippen LogP contribution in [-0.2, 0) is 20.8 Å². The first-order chi connectivity index (χ1) is 20.7. The number of likely N-dealkylation sites (tertiary alicyclic amines) is 1. The fraction of sp³-hybridized carbons (Fsp3) is 0.517. The van der Waals surface area contributed by atoms with Crippen LogP contribution in [0.15, 0.2) is 28.0 Å². The number of fused-ring (bicyclic) bond motifs is 3. The molecule has 1 aliphatic heterocycles. The highest BCUT2D eigenvalue weighted by atomic mass is 16.5. The van der Waals surface area contributed by atoms with Gasteiger partial charge in [0.15, 0.2) is 17.1 Å². The van der Waals surface area contributed by atoms with Gasteiger partial charge in [-0.1, -0.05) is 0 Å². The molecule has 2 unspecified atom stereocenters. The molecule has 15 nitrogen and oxygen atoms in total. The van der Waals surface area contributed by atoms with Crippen LogP contribution in [0.5, 0.6) is 5.75 Å². The standard InChI is InChI=1S/C29H39N7O8/c1-34(2)17-10-16(32-18(33-44)11-31-12-36-6-5-7-36)23(37)20-14(17)8-13-9-15-22(35(3)4)25(39)21(28(30)42)27(41)29(15,43)26(40)19(13)24(20)38/h10,13,15,22,31,37-38,41,43-44H,5-9,11-12H2,1-4H3,(H2,30,42)(H,32,33)/t13?,15?,22-,29-/m0/s1. The first-order valence-electron chi connectivity index (χ1n) is 14.4. The number of nitrogens with zero attached hydrogens (tertiary/aromatic N) is 4. The molecule has 238 valence electrons. The maximum atomic E-state index is 14.1. The minimum atomic E-state index is -2.73. The second-order valence-corrected chi connectivity index (χ2v) is 12.2. The second kappa shape index (κ2) is 11.5. The van der Waals surface area contributed by atoms with Crippen molar-refractivity contribution < 1.29 is 40.0 Å². The van der Waals surface area contributed by atoms with E-state index in [1.54, 1.807) is 39.2 Å². The summed E-state index contributed by atoms with van der Waals surface area (Å²) >= 11 is 0. The van der Waals surface area contributed by atoms with Crippen molar-refractivity contribution in [2.45, 2.75) is 30.9 Å². The number of amides is 1. The van der Waals surface area contributed by atoms with Crippen molar-refractivity contribution in [1.82, 2.24) is 20.6 Å². The average Bonchev–Trinajstić information content (AvgIpc) is 2.91. The van der Waals surface area contributed by atoms with E-state index in [-0.39, 0.29) is 42.0 Å². The number of nitrogens with one attached hydrogen (secondary N) is 2. The third kappa shape index (κ3) is 4.80. The van der Waals surface area contributed by atoms with Crippen molar-refractivity contribution in [2.75, 3.05) is 59.4 Å². The number of hydrogen-bond acceptors (Lipinski definition) is 13. The van der Waals surface area contributed by atoms with E-state index >= 15 is 0 Å². The number of nitrogens with two attached hydrogens (primary N) is 1. The third-order valence-electron chi connectivity index (χ3n) is 9.12. The minimum Gasteiger partial charge on any atom is -0.508 e. The second-order valence-electron chi connectivity index (χ2n) is 12.2. The van der Waals surface area contributed by atoms with Gasteiger partial charge in [0.05, 0.1) is 18.2 Å². The van der Waals surface area contributed by atoms with Gasteiger partial charge in [0.1, 0.15) is 28.6 Å². The van der Waals surface area contributed by atoms with Gasteiger partial charge >= 0.3 is 0 Å². The van der Waals surface area contributed by atoms with Gasteiger partial charge in [0.25, 0.3) is 5.91 Å². The number of benzene rings is 1. The first-order valence-corrected chi connectivity index (χ1v) is 14.4. The smallest absolute Gasteiger partial charge is 0.255 e. The first kappa shape index (κ1) is 31.4. The molecule has 0 spiro atoms. The number of carbonyl (C=O) groups excluding carboxylic acids is 3. The molecule has 1 saturated carbocycles. The molecule has 44 heavy (non-hydrogen) atoms. The summed E-state index contributed by atoms with van der Waals surface area (Å²) in [6, 6.07) is 0.436. The Kier molecular flexibility index (Phi) is 8.20. The fourth-order valence-electron chi connectivity index (χ4n) is 6.88. The zero-order valence-electron chi connectivity index (χ0n) is 25.1. The molecule has 2 fully saturated rings. The van der Waals surface area contributed by atoms with Gasteiger partial charge in [-0.25, -0.2) is 4.99 Å². The number of amidine groups is 1. The zero-order chi connectivity index (χ0) is 32.2. The summed E-state index contributed by atoms with van der Waals surface area (Å²) in [7, 11) is 6.62. The zero-order valence-corrected chi connectivity index (χ0v) is 25.1. The lowest BCUT2D eigenvalue weighted by atomic mass is 9.57. The van der Waals surface area contributed by atoms with Crippen LogP contribution in [0.4, 0.5) is 11.4 Å². The van der Waals surface area contributed by atoms with Gasteiger partial charge in [0, 0.05) is 51.0 Å². The lowest BCUT2D eigenvalue weighted by Gasteiger charge is -2.50. The van der Waals surface area contributed by atoms with Crippen LogP contribution < -0.4 is 21.4 Å². The Morgan fingerprint density at radius 1 is 1.18 bits per heavy atom. The molecule has 1 amide bonds. The molecular formula is C29H39N7O8. The summed E-state index contributed by atoms with van der Waals surface area (Å²) in [6.45, 7) is 2.66. The number of aliphatic imine (C=N–C) groups is 1. The number of carbonyl (C=O) groups is 3. The molecule has 1 aromatic rings. The molecular weight excluding hydrogens is 574 g/mol. The summed E-state index contributed by atoms with van der Waals surface area (Å²) in [6.07, 6.45) is 1.25. The van der Waals surface area contributed by atoms with E-state index in [1.807, 2.05) is 5.48 Å². The molecule has 15 heteroatoms. The van der Waals surface area contributed by atoms with E-state index in [4.69, 9.17) is 5.73 Å². The van der Waals surface area contributed by atoms with Gasteiger partial charge in [-0.05, 0) is 50.9 Å². The van der Waals surface area contributed by atoms with Crippen LogP contribution in [-0.4, -0.2) is 125 Å². The number of phenolic OH excluding ortho intramolecular Hbond substituents is 1. The van der Waals surface area contributed by atoms with Crippen LogP contribution in [0.3, 0.4) is 0 Å². The lowest BCUT2D eigenvalue weighted by molar-refractivity contribution is -0.153. The SMILES string of the molecule is CN(C)c1cc(N=C(CNCN2CCC2)NO)c(O)c2c1CC1CC3[C@H](N(C)C)C(=O)C(C(N)=O)=C(O)[C@@]3(O)C(=O)C1=C2O. The normalized spacial score (nSPS) is 27.2. The van der Waals surface area contributed by atoms with Crippen molar-refractivity contribution in [3.8, 4) is 5.75 Å². The fourth-order valence-corrected chi connectivity index (χ4v) is 6.88. The summed E-state index contributed by atoms with van der Waals surface area (Å²) in [5.74, 6) is -7.20. The van der Waals surface area contributed by atoms with Gasteiger partial charge in [-0.2, -0.15) is 0 Å². The van der Waals surface area contributed by atoms with Crippen LogP contribution in [0, 0.1) is 11.8 Å². The number of likely N-dealkylation sites (N-methyl/N-ethyl adjacent to an activating group) is 1. The molecule has 0 bridgehead atoms. The Labute approximate surface area is 253 Å². The van der Waals surface area contributed by atoms with Gasteiger partial charge < -0.3 is 31.1 Å². The van der Waals surface area contributed by atoms with Crippen molar-refractivity contribution in [1.29, 1.82) is 0 Å². The molecule has 0 radical (unpaired) electrons. The molecule has 1 saturated heterocycles. The number of primary amides is 1. The van der Waals surface area contributed by atoms with E-state index in [0.29, 0.717) is 17.9 Å². The number of rotatable bonds is 8. The van der Waals surface area contributed by atoms with Crippen molar-refractivity contribution in [3.63, 3.8) is 0 Å². The molecule has 0 aromatic heterocycles. The summed E-state index contributed by atoms with van der Waals surface area (Å²) in [5.41, 5.74) is 4.56. The number of phenols is 1. The Bertz CT molecular complexity index is 1510. The van der Waals surface area contributed by atoms with Crippen LogP contribution in [0.25, 0.3) is 5.76 Å². The van der Waals surface area contributed by atoms with Crippen molar-refractivity contribution in [3.05, 3.63) is 34.1 Å². The highest BCUT2D eigenvalue weighted by molar-refractivity contribution is 6.24. The maximum absolute atomic E-state index is 14.1. The maximum Gasteiger partial charge on any atom is 0.255 e. The topological polar surface area (TPSA) is 225 Å². The molecule has 3 aliphatic carbocycles. The quantitative estimate of drug-likeness (QED) is 0.0786. The number of anilines is 1. The van der Waals surface area contributed by atoms with E-state index in [1.165, 1.54) is 4.90 Å². The van der Waals surface area contributed by atoms with Crippen molar-refractivity contribution >= 4 is 40.4 Å². The van der Waals surface area contributed by atoms with E-state index in [9.17, 15) is 40.0 Å². The summed E-state index contributed by atoms with van der Waals surface area (Å²) in [5, 5.41) is 58.8. The van der Waals surface area contributed by atoms with Gasteiger partial charge in [0.2, 0.25) is 5.78 Å². The monoisotopic (exact) mass is 613 g/mol. The summed E-state index contributed by atoms with van der Waals surface area (Å²) in [4.78, 5) is 49.3. The van der Waals surface area contributed by atoms with Gasteiger partial charge in [-0.3, -0.25) is 40.2 Å². The molecule has 1 aromatic carbocycles. The highest BCUT2D eigenvalue weighted by Crippen LogP contribution is 2.54. The Hall–Kier alpha value is -4.02. The molecule has 1 heterocycles. The van der Waals surface area contributed by atoms with E-state index in [0.717, 1.165) is 19.5 Å². The lowest BCUT2D eigenvalue weighted by Crippen LogP contribution is -2.65. The van der Waals surface area contributed by atoms with E-state index < -0.39 is 63.8 Å². The predicted molar refractivity (Wildman–Crippen MR) is 160 cm³/mol. The predicted octanol–water partition coefficient (Wildman–Crippen LogP) is -0.708. The molecule has 5 rings (SSSR count). The highest BCUT2D eigenvalue weighted by Gasteiger charge is 2.64. The number of Topliss-reactive ketones (excluding diaryl/α,β-unsaturated/α-hetero) is 2. The number of aliphatic hydroxyl groups is 3. The third-order valence-corrected chi connectivity index (χ3v) is 9.12. The van der Waals surface area contributed by atoms with Crippen LogP contribution >= 0.6 is 0 Å². The molecule has 4 aliphatic rings. The van der Waals surface area contributed by atoms with Crippen LogP contribution in [0.2, 0.25) is 0 Å². The Balaban J connectivity index is 1.63. The minimum absolute atomic E-state index is 0.00473. The number of hydrogen-bond donors (Lipinski definition) is 8. The summed E-state index contributed by atoms with van der Waals surface area (Å²) < 4.78 is 0. The number of hydroxylamine groups is 1. The van der Waals surface area contributed by atoms with Crippen molar-refractivity contribution in [2.24, 2.45) is 22.6 Å². The average molecular weight is 614 g/mol. The Morgan fingerprint density at radius 2 is 1.86 bits per heavy atom. The van der Waals surface area contributed by atoms with Crippen LogP contribution in [0.1, 0.15) is 24.0 Å². The largest absolute Gasteiger partial charge is 0.508 e.